The van der Waals surface area contributed by atoms with Crippen molar-refractivity contribution in [3.63, 3.8) is 0 Å². The second-order valence-corrected chi connectivity index (χ2v) is 6.88. The van der Waals surface area contributed by atoms with E-state index < -0.39 is 11.7 Å². The summed E-state index contributed by atoms with van der Waals surface area (Å²) >= 11 is 3.35. The van der Waals surface area contributed by atoms with Gasteiger partial charge in [0.05, 0.1) is 18.8 Å². The first-order chi connectivity index (χ1) is 10.8. The molecule has 0 aliphatic carbocycles. The zero-order valence-corrected chi connectivity index (χ0v) is 14.9. The van der Waals surface area contributed by atoms with Crippen molar-refractivity contribution in [2.75, 3.05) is 0 Å². The number of pyridine rings is 1. The maximum absolute atomic E-state index is 12.4. The van der Waals surface area contributed by atoms with Crippen molar-refractivity contribution in [3.8, 4) is 0 Å². The lowest BCUT2D eigenvalue weighted by atomic mass is 10.2. The summed E-state index contributed by atoms with van der Waals surface area (Å²) in [6, 6.07) is 5.47. The summed E-state index contributed by atoms with van der Waals surface area (Å²) in [6.07, 6.45) is 4.57. The minimum absolute atomic E-state index is 0.257. The van der Waals surface area contributed by atoms with E-state index in [1.165, 1.54) is 4.90 Å². The molecule has 2 heterocycles. The van der Waals surface area contributed by atoms with E-state index in [0.29, 0.717) is 12.4 Å². The molecule has 0 N–H and O–H groups in total. The molecular weight excluding hydrogens is 360 g/mol. The van der Waals surface area contributed by atoms with Crippen LogP contribution in [0, 0.1) is 0 Å². The molecule has 6 nitrogen and oxygen atoms in total. The van der Waals surface area contributed by atoms with Gasteiger partial charge in [0.15, 0.2) is 0 Å². The van der Waals surface area contributed by atoms with Crippen molar-refractivity contribution in [2.24, 2.45) is 0 Å². The van der Waals surface area contributed by atoms with Gasteiger partial charge in [0.25, 0.3) is 0 Å². The molecule has 122 valence electrons. The van der Waals surface area contributed by atoms with Crippen molar-refractivity contribution in [1.82, 2.24) is 19.9 Å². The largest absolute Gasteiger partial charge is 0.444 e. The second-order valence-electron chi connectivity index (χ2n) is 5.97. The van der Waals surface area contributed by atoms with Gasteiger partial charge in [0, 0.05) is 23.1 Å². The lowest BCUT2D eigenvalue weighted by molar-refractivity contribution is 0.0209. The van der Waals surface area contributed by atoms with Crippen LogP contribution in [-0.4, -0.2) is 31.5 Å². The first-order valence-electron chi connectivity index (χ1n) is 7.18. The Kier molecular flexibility index (Phi) is 5.65. The van der Waals surface area contributed by atoms with Crippen molar-refractivity contribution >= 4 is 22.0 Å². The molecule has 2 rings (SSSR count). The number of halogens is 1. The summed E-state index contributed by atoms with van der Waals surface area (Å²) in [6.45, 7) is 6.08. The number of carbonyl (C=O) groups is 1. The SMILES string of the molecule is CC(C)(C)OC(=O)N(Cc1ccc(Br)cn1)Cc1ncccn1. The summed E-state index contributed by atoms with van der Waals surface area (Å²) < 4.78 is 6.35. The Hall–Kier alpha value is -2.02. The summed E-state index contributed by atoms with van der Waals surface area (Å²) in [5.41, 5.74) is 0.190. The van der Waals surface area contributed by atoms with Gasteiger partial charge >= 0.3 is 6.09 Å². The average molecular weight is 379 g/mol. The number of ether oxygens (including phenoxy) is 1. The average Bonchev–Trinajstić information content (AvgIpc) is 2.48. The van der Waals surface area contributed by atoms with Crippen molar-refractivity contribution in [2.45, 2.75) is 39.5 Å². The third-order valence-electron chi connectivity index (χ3n) is 2.74. The van der Waals surface area contributed by atoms with Crippen molar-refractivity contribution < 1.29 is 9.53 Å². The third kappa shape index (κ3) is 5.94. The highest BCUT2D eigenvalue weighted by Gasteiger charge is 2.23. The quantitative estimate of drug-likeness (QED) is 0.813. The van der Waals surface area contributed by atoms with Crippen LogP contribution in [0.5, 0.6) is 0 Å². The number of carbonyl (C=O) groups excluding carboxylic acids is 1. The van der Waals surface area contributed by atoms with E-state index in [1.54, 1.807) is 24.7 Å². The van der Waals surface area contributed by atoms with E-state index in [2.05, 4.69) is 30.9 Å². The summed E-state index contributed by atoms with van der Waals surface area (Å²) in [5.74, 6) is 0.551. The maximum Gasteiger partial charge on any atom is 0.411 e. The molecule has 0 aliphatic heterocycles. The third-order valence-corrected chi connectivity index (χ3v) is 3.21. The molecule has 0 saturated heterocycles. The zero-order valence-electron chi connectivity index (χ0n) is 13.4. The molecule has 23 heavy (non-hydrogen) atoms. The van der Waals surface area contributed by atoms with Crippen LogP contribution >= 0.6 is 15.9 Å². The zero-order chi connectivity index (χ0) is 16.9. The minimum atomic E-state index is -0.569. The monoisotopic (exact) mass is 378 g/mol. The van der Waals surface area contributed by atoms with Gasteiger partial charge in [-0.2, -0.15) is 0 Å². The van der Waals surface area contributed by atoms with Gasteiger partial charge in [-0.25, -0.2) is 14.8 Å². The smallest absolute Gasteiger partial charge is 0.411 e. The van der Waals surface area contributed by atoms with Crippen LogP contribution in [0.1, 0.15) is 32.3 Å². The fourth-order valence-corrected chi connectivity index (χ4v) is 2.02. The normalized spacial score (nSPS) is 11.1. The lowest BCUT2D eigenvalue weighted by Gasteiger charge is -2.26. The number of rotatable bonds is 4. The lowest BCUT2D eigenvalue weighted by Crippen LogP contribution is -2.36. The summed E-state index contributed by atoms with van der Waals surface area (Å²) in [5, 5.41) is 0. The first kappa shape index (κ1) is 17.3. The molecule has 7 heteroatoms. The Morgan fingerprint density at radius 2 is 1.87 bits per heavy atom. The Morgan fingerprint density at radius 3 is 2.43 bits per heavy atom. The molecule has 0 aliphatic rings. The van der Waals surface area contributed by atoms with Crippen LogP contribution < -0.4 is 0 Å². The standard InChI is InChI=1S/C16H19BrN4O2/c1-16(2,3)23-15(22)21(11-14-18-7-4-8-19-14)10-13-6-5-12(17)9-20-13/h4-9H,10-11H2,1-3H3. The van der Waals surface area contributed by atoms with Gasteiger partial charge in [0.2, 0.25) is 0 Å². The highest BCUT2D eigenvalue weighted by atomic mass is 79.9. The van der Waals surface area contributed by atoms with E-state index in [0.717, 1.165) is 10.2 Å². The number of hydrogen-bond donors (Lipinski definition) is 0. The van der Waals surface area contributed by atoms with Gasteiger partial charge in [-0.1, -0.05) is 0 Å². The fraction of sp³-hybridized carbons (Fsp3) is 0.375. The fourth-order valence-electron chi connectivity index (χ4n) is 1.79. The predicted molar refractivity (Wildman–Crippen MR) is 89.5 cm³/mol. The van der Waals surface area contributed by atoms with Crippen LogP contribution in [-0.2, 0) is 17.8 Å². The van der Waals surface area contributed by atoms with E-state index >= 15 is 0 Å². The molecule has 0 spiro atoms. The molecule has 2 aromatic heterocycles. The molecule has 1 amide bonds. The highest BCUT2D eigenvalue weighted by molar-refractivity contribution is 9.10. The minimum Gasteiger partial charge on any atom is -0.444 e. The van der Waals surface area contributed by atoms with Crippen molar-refractivity contribution in [1.29, 1.82) is 0 Å². The van der Waals surface area contributed by atoms with Crippen LogP contribution in [0.15, 0.2) is 41.3 Å². The van der Waals surface area contributed by atoms with Crippen LogP contribution in [0.4, 0.5) is 4.79 Å². The number of aromatic nitrogens is 3. The molecule has 0 unspecified atom stereocenters. The molecule has 0 saturated carbocycles. The molecule has 0 atom stereocenters. The van der Waals surface area contributed by atoms with Crippen LogP contribution in [0.3, 0.4) is 0 Å². The molecule has 2 aromatic rings. The summed E-state index contributed by atoms with van der Waals surface area (Å²) in [7, 11) is 0. The van der Waals surface area contributed by atoms with E-state index in [4.69, 9.17) is 4.74 Å². The highest BCUT2D eigenvalue weighted by Crippen LogP contribution is 2.15. The predicted octanol–water partition coefficient (Wildman–Crippen LogP) is 3.57. The first-order valence-corrected chi connectivity index (χ1v) is 7.97. The molecule has 0 aromatic carbocycles. The van der Waals surface area contributed by atoms with Gasteiger partial charge in [0.1, 0.15) is 11.4 Å². The molecule has 0 bridgehead atoms. The maximum atomic E-state index is 12.4. The second kappa shape index (κ2) is 7.50. The van der Waals surface area contributed by atoms with Gasteiger partial charge in [-0.15, -0.1) is 0 Å². The number of hydrogen-bond acceptors (Lipinski definition) is 5. The van der Waals surface area contributed by atoms with E-state index in [-0.39, 0.29) is 6.54 Å². The van der Waals surface area contributed by atoms with E-state index in [9.17, 15) is 4.79 Å². The van der Waals surface area contributed by atoms with E-state index in [1.807, 2.05) is 32.9 Å². The molecular formula is C16H19BrN4O2. The van der Waals surface area contributed by atoms with Crippen molar-refractivity contribution in [3.05, 3.63) is 52.8 Å². The summed E-state index contributed by atoms with van der Waals surface area (Å²) in [4.78, 5) is 26.6. The molecule has 0 fully saturated rings. The Balaban J connectivity index is 2.16. The Morgan fingerprint density at radius 1 is 1.17 bits per heavy atom. The number of nitrogens with zero attached hydrogens (tertiary/aromatic N) is 4. The molecule has 0 radical (unpaired) electrons. The van der Waals surface area contributed by atoms with Crippen LogP contribution in [0.25, 0.3) is 0 Å². The van der Waals surface area contributed by atoms with Gasteiger partial charge < -0.3 is 4.74 Å². The Bertz CT molecular complexity index is 641. The topological polar surface area (TPSA) is 68.2 Å². The van der Waals surface area contributed by atoms with Gasteiger partial charge in [-0.05, 0) is 54.9 Å². The van der Waals surface area contributed by atoms with Crippen LogP contribution in [0.2, 0.25) is 0 Å². The number of amides is 1. The Labute approximate surface area is 144 Å². The van der Waals surface area contributed by atoms with Gasteiger partial charge in [-0.3, -0.25) is 9.88 Å².